The van der Waals surface area contributed by atoms with Gasteiger partial charge in [-0.2, -0.15) is 0 Å². The number of benzene rings is 1. The molecule has 0 atom stereocenters. The second-order valence-electron chi connectivity index (χ2n) is 5.48. The van der Waals surface area contributed by atoms with E-state index in [0.717, 1.165) is 22.0 Å². The third-order valence-corrected chi connectivity index (χ3v) is 4.55. The molecule has 3 heterocycles. The lowest BCUT2D eigenvalue weighted by atomic mass is 10.2. The monoisotopic (exact) mass is 366 g/mol. The first-order chi connectivity index (χ1) is 12.8. The van der Waals surface area contributed by atoms with Crippen molar-refractivity contribution in [1.82, 2.24) is 24.5 Å². The van der Waals surface area contributed by atoms with Crippen molar-refractivity contribution in [2.24, 2.45) is 0 Å². The normalized spacial score (nSPS) is 10.8. The van der Waals surface area contributed by atoms with Crippen LogP contribution in [-0.4, -0.2) is 31.2 Å². The Labute approximate surface area is 153 Å². The van der Waals surface area contributed by atoms with Crippen molar-refractivity contribution in [2.75, 3.05) is 12.0 Å². The van der Waals surface area contributed by atoms with E-state index in [2.05, 4.69) is 25.3 Å². The van der Waals surface area contributed by atoms with Crippen LogP contribution in [0, 0.1) is 0 Å². The Morgan fingerprint density at radius 1 is 1.04 bits per heavy atom. The fraction of sp³-hybridized carbons (Fsp3) is 0.111. The summed E-state index contributed by atoms with van der Waals surface area (Å²) in [5.41, 5.74) is 2.60. The summed E-state index contributed by atoms with van der Waals surface area (Å²) in [6, 6.07) is 11.8. The predicted octanol–water partition coefficient (Wildman–Crippen LogP) is 4.18. The zero-order chi connectivity index (χ0) is 17.8. The van der Waals surface area contributed by atoms with Crippen molar-refractivity contribution in [3.63, 3.8) is 0 Å². The lowest BCUT2D eigenvalue weighted by Crippen LogP contribution is -1.99. The van der Waals surface area contributed by atoms with E-state index in [1.807, 2.05) is 41.8 Å². The quantitative estimate of drug-likeness (QED) is 0.554. The highest BCUT2D eigenvalue weighted by Crippen LogP contribution is 2.28. The van der Waals surface area contributed by atoms with Crippen LogP contribution >= 0.6 is 11.3 Å². The fourth-order valence-electron chi connectivity index (χ4n) is 2.43. The average molecular weight is 366 g/mol. The van der Waals surface area contributed by atoms with Crippen molar-refractivity contribution in [3.8, 4) is 22.0 Å². The molecule has 0 amide bonds. The molecule has 0 aliphatic heterocycles. The molecule has 3 aromatic heterocycles. The maximum Gasteiger partial charge on any atom is 0.228 e. The molecule has 0 aliphatic rings. The molecule has 0 unspecified atom stereocenters. The number of thiazole rings is 1. The minimum atomic E-state index is -0.435. The molecule has 8 heteroatoms. The summed E-state index contributed by atoms with van der Waals surface area (Å²) in [5, 5.41) is 5.95. The van der Waals surface area contributed by atoms with Crippen LogP contribution in [0.3, 0.4) is 0 Å². The summed E-state index contributed by atoms with van der Waals surface area (Å²) in [7, 11) is 0. The molecule has 1 aromatic carbocycles. The summed E-state index contributed by atoms with van der Waals surface area (Å²) >= 11 is 1.57. The molecule has 130 valence electrons. The van der Waals surface area contributed by atoms with E-state index in [1.165, 1.54) is 0 Å². The van der Waals surface area contributed by atoms with Gasteiger partial charge in [0.2, 0.25) is 5.95 Å². The second kappa shape index (κ2) is 7.40. The number of aryl methyl sites for hydroxylation is 1. The number of nitrogens with one attached hydrogen (secondary N) is 1. The van der Waals surface area contributed by atoms with Gasteiger partial charge < -0.3 is 9.88 Å². The Bertz CT molecular complexity index is 998. The van der Waals surface area contributed by atoms with E-state index in [-0.39, 0.29) is 6.54 Å². The number of halogens is 1. The van der Waals surface area contributed by atoms with Gasteiger partial charge in [0.05, 0.1) is 18.6 Å². The van der Waals surface area contributed by atoms with Gasteiger partial charge in [0.15, 0.2) is 5.82 Å². The van der Waals surface area contributed by atoms with E-state index < -0.39 is 6.67 Å². The number of aromatic nitrogens is 5. The van der Waals surface area contributed by atoms with Crippen LogP contribution in [0.1, 0.15) is 0 Å². The van der Waals surface area contributed by atoms with Gasteiger partial charge in [0.1, 0.15) is 17.4 Å². The summed E-state index contributed by atoms with van der Waals surface area (Å²) in [6.45, 7) is -0.161. The van der Waals surface area contributed by atoms with E-state index in [1.54, 1.807) is 34.6 Å². The molecule has 1 N–H and O–H groups in total. The van der Waals surface area contributed by atoms with Crippen LogP contribution < -0.4 is 5.32 Å². The molecule has 0 saturated carbocycles. The van der Waals surface area contributed by atoms with Crippen LogP contribution in [0.5, 0.6) is 0 Å². The average Bonchev–Trinajstić information content (AvgIpc) is 3.33. The highest BCUT2D eigenvalue weighted by Gasteiger charge is 2.09. The van der Waals surface area contributed by atoms with E-state index in [9.17, 15) is 4.39 Å². The maximum atomic E-state index is 12.4. The van der Waals surface area contributed by atoms with Gasteiger partial charge in [-0.1, -0.05) is 30.3 Å². The zero-order valence-electron chi connectivity index (χ0n) is 13.7. The smallest absolute Gasteiger partial charge is 0.228 e. The molecule has 4 aromatic rings. The van der Waals surface area contributed by atoms with Crippen molar-refractivity contribution in [1.29, 1.82) is 0 Å². The lowest BCUT2D eigenvalue weighted by Gasteiger charge is -2.02. The summed E-state index contributed by atoms with van der Waals surface area (Å²) < 4.78 is 14.0. The number of alkyl halides is 1. The van der Waals surface area contributed by atoms with Crippen molar-refractivity contribution in [3.05, 3.63) is 60.5 Å². The van der Waals surface area contributed by atoms with E-state index in [0.29, 0.717) is 11.8 Å². The Morgan fingerprint density at radius 2 is 1.92 bits per heavy atom. The minimum absolute atomic E-state index is 0.274. The fourth-order valence-corrected chi connectivity index (χ4v) is 3.25. The zero-order valence-corrected chi connectivity index (χ0v) is 14.5. The van der Waals surface area contributed by atoms with Crippen LogP contribution in [0.25, 0.3) is 22.0 Å². The van der Waals surface area contributed by atoms with E-state index in [4.69, 9.17) is 0 Å². The van der Waals surface area contributed by atoms with Crippen molar-refractivity contribution < 1.29 is 4.39 Å². The summed E-state index contributed by atoms with van der Waals surface area (Å²) in [5.74, 6) is 0.987. The second-order valence-corrected chi connectivity index (χ2v) is 6.34. The van der Waals surface area contributed by atoms with Gasteiger partial charge in [0.25, 0.3) is 0 Å². The molecule has 0 spiro atoms. The van der Waals surface area contributed by atoms with Gasteiger partial charge >= 0.3 is 0 Å². The van der Waals surface area contributed by atoms with Crippen LogP contribution in [0.2, 0.25) is 0 Å². The first-order valence-electron chi connectivity index (χ1n) is 8.01. The Morgan fingerprint density at radius 3 is 2.77 bits per heavy atom. The van der Waals surface area contributed by atoms with Crippen LogP contribution in [-0.2, 0) is 6.54 Å². The van der Waals surface area contributed by atoms with Crippen molar-refractivity contribution in [2.45, 2.75) is 6.54 Å². The highest BCUT2D eigenvalue weighted by atomic mass is 32.1. The van der Waals surface area contributed by atoms with Crippen LogP contribution in [0.4, 0.5) is 16.2 Å². The maximum absolute atomic E-state index is 12.4. The van der Waals surface area contributed by atoms with Crippen molar-refractivity contribution >= 4 is 23.1 Å². The Balaban J connectivity index is 1.55. The number of hydrogen-bond donors (Lipinski definition) is 1. The number of imidazole rings is 1. The Hall–Kier alpha value is -3.13. The van der Waals surface area contributed by atoms with E-state index >= 15 is 0 Å². The number of nitrogens with zero attached hydrogens (tertiary/aromatic N) is 5. The Kier molecular flexibility index (Phi) is 4.65. The highest BCUT2D eigenvalue weighted by molar-refractivity contribution is 7.13. The standard InChI is InChI=1S/C18H15FN6S/c19-7-9-25-10-16(21-12-25)24-18-20-8-6-14(23-18)15-11-26-17(22-15)13-4-2-1-3-5-13/h1-6,8,10-12H,7,9H2,(H,20,23,24). The van der Waals surface area contributed by atoms with Gasteiger partial charge in [-0.05, 0) is 6.07 Å². The topological polar surface area (TPSA) is 68.5 Å². The predicted molar refractivity (Wildman–Crippen MR) is 100 cm³/mol. The number of anilines is 2. The molecule has 0 bridgehead atoms. The molecule has 0 fully saturated rings. The molecular formula is C18H15FN6S. The van der Waals surface area contributed by atoms with Gasteiger partial charge in [-0.25, -0.2) is 24.3 Å². The van der Waals surface area contributed by atoms with Gasteiger partial charge in [-0.15, -0.1) is 11.3 Å². The first-order valence-corrected chi connectivity index (χ1v) is 8.89. The van der Waals surface area contributed by atoms with Gasteiger partial charge in [0, 0.05) is 23.3 Å². The molecule has 0 aliphatic carbocycles. The SMILES string of the molecule is FCCn1cnc(Nc2nccc(-c3csc(-c4ccccc4)n3)n2)c1. The molecule has 4 rings (SSSR count). The third kappa shape index (κ3) is 3.60. The van der Waals surface area contributed by atoms with Gasteiger partial charge in [-0.3, -0.25) is 0 Å². The number of rotatable bonds is 6. The first kappa shape index (κ1) is 16.3. The molecule has 0 saturated heterocycles. The minimum Gasteiger partial charge on any atom is -0.333 e. The largest absolute Gasteiger partial charge is 0.333 e. The number of hydrogen-bond acceptors (Lipinski definition) is 6. The lowest BCUT2D eigenvalue weighted by molar-refractivity contribution is 0.445. The molecule has 0 radical (unpaired) electrons. The van der Waals surface area contributed by atoms with Crippen LogP contribution in [0.15, 0.2) is 60.5 Å². The molecule has 6 nitrogen and oxygen atoms in total. The molecule has 26 heavy (non-hydrogen) atoms. The summed E-state index contributed by atoms with van der Waals surface area (Å²) in [6.07, 6.45) is 4.95. The third-order valence-electron chi connectivity index (χ3n) is 3.66. The molecular weight excluding hydrogens is 351 g/mol. The summed E-state index contributed by atoms with van der Waals surface area (Å²) in [4.78, 5) is 17.5.